The second-order valence-corrected chi connectivity index (χ2v) is 7.13. The molecule has 0 saturated carbocycles. The molecule has 0 fully saturated rings. The van der Waals surface area contributed by atoms with Gasteiger partial charge in [0.1, 0.15) is 5.82 Å². The van der Waals surface area contributed by atoms with Crippen molar-refractivity contribution < 1.29 is 13.9 Å². The van der Waals surface area contributed by atoms with Crippen LogP contribution >= 0.6 is 11.8 Å². The van der Waals surface area contributed by atoms with Gasteiger partial charge >= 0.3 is 0 Å². The van der Waals surface area contributed by atoms with Crippen molar-refractivity contribution in [1.29, 1.82) is 0 Å². The number of rotatable bonds is 10. The highest BCUT2D eigenvalue weighted by Crippen LogP contribution is 2.24. The molecule has 0 aliphatic heterocycles. The van der Waals surface area contributed by atoms with Crippen molar-refractivity contribution in [1.82, 2.24) is 19.7 Å². The van der Waals surface area contributed by atoms with Crippen LogP contribution in [0.1, 0.15) is 23.2 Å². The monoisotopic (exact) mass is 400 g/mol. The van der Waals surface area contributed by atoms with E-state index in [1.807, 2.05) is 16.7 Å². The van der Waals surface area contributed by atoms with Crippen LogP contribution in [0.15, 0.2) is 53.9 Å². The average molecular weight is 400 g/mol. The molecule has 0 aliphatic carbocycles. The predicted molar refractivity (Wildman–Crippen MR) is 106 cm³/mol. The number of aromatic nitrogens is 4. The van der Waals surface area contributed by atoms with E-state index in [4.69, 9.17) is 4.74 Å². The number of hydrogen-bond acceptors (Lipinski definition) is 6. The first-order valence-electron chi connectivity index (χ1n) is 8.93. The number of hydrogen-bond donors (Lipinski definition) is 0. The summed E-state index contributed by atoms with van der Waals surface area (Å²) in [7, 11) is 1.66. The molecule has 2 aromatic heterocycles. The first-order valence-corrected chi connectivity index (χ1v) is 9.91. The Morgan fingerprint density at radius 1 is 1.14 bits per heavy atom. The van der Waals surface area contributed by atoms with Gasteiger partial charge in [0.25, 0.3) is 0 Å². The molecule has 3 aromatic rings. The lowest BCUT2D eigenvalue weighted by Crippen LogP contribution is -2.08. The molecule has 0 N–H and O–H groups in total. The summed E-state index contributed by atoms with van der Waals surface area (Å²) in [6.45, 7) is 1.19. The number of carbonyl (C=O) groups excluding carboxylic acids is 1. The van der Waals surface area contributed by atoms with Gasteiger partial charge in [-0.1, -0.05) is 11.8 Å². The normalized spacial score (nSPS) is 10.9. The summed E-state index contributed by atoms with van der Waals surface area (Å²) in [4.78, 5) is 16.2. The number of nitrogens with zero attached hydrogens (tertiary/aromatic N) is 4. The van der Waals surface area contributed by atoms with Crippen molar-refractivity contribution in [2.75, 3.05) is 19.5 Å². The van der Waals surface area contributed by atoms with Crippen LogP contribution in [0.4, 0.5) is 4.39 Å². The van der Waals surface area contributed by atoms with E-state index in [1.165, 1.54) is 24.3 Å². The molecule has 0 amide bonds. The zero-order valence-corrected chi connectivity index (χ0v) is 16.4. The van der Waals surface area contributed by atoms with Gasteiger partial charge < -0.3 is 4.74 Å². The third-order valence-electron chi connectivity index (χ3n) is 4.12. The van der Waals surface area contributed by atoms with Crippen LogP contribution in [0.25, 0.3) is 11.4 Å². The highest BCUT2D eigenvalue weighted by molar-refractivity contribution is 7.99. The van der Waals surface area contributed by atoms with E-state index >= 15 is 0 Å². The fraction of sp³-hybridized carbons (Fsp3) is 0.300. The topological polar surface area (TPSA) is 69.9 Å². The van der Waals surface area contributed by atoms with E-state index in [0.29, 0.717) is 31.6 Å². The minimum Gasteiger partial charge on any atom is -0.383 e. The molecular formula is C20H21FN4O2S. The second-order valence-electron chi connectivity index (χ2n) is 6.07. The predicted octanol–water partition coefficient (Wildman–Crippen LogP) is 3.88. The average Bonchev–Trinajstić information content (AvgIpc) is 3.13. The number of ether oxygens (including phenoxy) is 1. The minimum atomic E-state index is -0.340. The Morgan fingerprint density at radius 3 is 2.61 bits per heavy atom. The number of carbonyl (C=O) groups is 1. The lowest BCUT2D eigenvalue weighted by atomic mass is 10.1. The van der Waals surface area contributed by atoms with Crippen molar-refractivity contribution in [2.24, 2.45) is 0 Å². The molecule has 0 aliphatic rings. The summed E-state index contributed by atoms with van der Waals surface area (Å²) in [5.74, 6) is 1.17. The number of thioether (sulfide) groups is 1. The van der Waals surface area contributed by atoms with Crippen molar-refractivity contribution >= 4 is 17.5 Å². The molecule has 0 saturated heterocycles. The number of methoxy groups -OCH3 is 1. The number of Topliss-reactive ketones (excluding diaryl/α,β-unsaturated/α-hetero) is 1. The van der Waals surface area contributed by atoms with Gasteiger partial charge in [-0.3, -0.25) is 14.3 Å². The molecule has 0 atom stereocenters. The lowest BCUT2D eigenvalue weighted by molar-refractivity contribution is 0.0982. The van der Waals surface area contributed by atoms with E-state index in [9.17, 15) is 9.18 Å². The number of halogens is 1. The summed E-state index contributed by atoms with van der Waals surface area (Å²) < 4.78 is 20.2. The van der Waals surface area contributed by atoms with Crippen molar-refractivity contribution in [2.45, 2.75) is 24.5 Å². The molecular weight excluding hydrogens is 379 g/mol. The standard InChI is InChI=1S/C20H21FN4O2S/c1-27-13-12-25-19(16-8-10-22-11-9-16)23-24-20(25)28-14-2-3-18(26)15-4-6-17(21)7-5-15/h4-11H,2-3,12-14H2,1H3. The third-order valence-corrected chi connectivity index (χ3v) is 5.17. The SMILES string of the molecule is COCCn1c(SCCCC(=O)c2ccc(F)cc2)nnc1-c1ccncc1. The van der Waals surface area contributed by atoms with Crippen LogP contribution in [0, 0.1) is 5.82 Å². The van der Waals surface area contributed by atoms with Gasteiger partial charge in [-0.05, 0) is 42.8 Å². The zero-order chi connectivity index (χ0) is 19.8. The molecule has 2 heterocycles. The van der Waals surface area contributed by atoms with Crippen molar-refractivity contribution in [3.05, 3.63) is 60.2 Å². The van der Waals surface area contributed by atoms with E-state index < -0.39 is 0 Å². The summed E-state index contributed by atoms with van der Waals surface area (Å²) in [5, 5.41) is 9.41. The van der Waals surface area contributed by atoms with Crippen molar-refractivity contribution in [3.8, 4) is 11.4 Å². The smallest absolute Gasteiger partial charge is 0.191 e. The molecule has 8 heteroatoms. The van der Waals surface area contributed by atoms with Crippen LogP contribution < -0.4 is 0 Å². The fourth-order valence-electron chi connectivity index (χ4n) is 2.67. The van der Waals surface area contributed by atoms with Crippen molar-refractivity contribution in [3.63, 3.8) is 0 Å². The molecule has 6 nitrogen and oxygen atoms in total. The number of benzene rings is 1. The largest absolute Gasteiger partial charge is 0.383 e. The Morgan fingerprint density at radius 2 is 1.89 bits per heavy atom. The molecule has 146 valence electrons. The van der Waals surface area contributed by atoms with Crippen LogP contribution in [-0.4, -0.2) is 45.0 Å². The van der Waals surface area contributed by atoms with Crippen LogP contribution in [-0.2, 0) is 11.3 Å². The second kappa shape index (κ2) is 10.1. The third kappa shape index (κ3) is 5.24. The Kier molecular flexibility index (Phi) is 7.27. The first kappa shape index (κ1) is 20.2. The van der Waals surface area contributed by atoms with Crippen LogP contribution in [0.5, 0.6) is 0 Å². The fourth-order valence-corrected chi connectivity index (χ4v) is 3.57. The van der Waals surface area contributed by atoms with E-state index in [1.54, 1.807) is 31.3 Å². The molecule has 3 rings (SSSR count). The van der Waals surface area contributed by atoms with Gasteiger partial charge in [-0.15, -0.1) is 10.2 Å². The van der Waals surface area contributed by atoms with Gasteiger partial charge in [-0.2, -0.15) is 0 Å². The van der Waals surface area contributed by atoms with Gasteiger partial charge in [-0.25, -0.2) is 4.39 Å². The highest BCUT2D eigenvalue weighted by Gasteiger charge is 2.14. The Labute approximate surface area is 167 Å². The van der Waals surface area contributed by atoms with Gasteiger partial charge in [0.2, 0.25) is 0 Å². The lowest BCUT2D eigenvalue weighted by Gasteiger charge is -2.09. The Balaban J connectivity index is 1.60. The summed E-state index contributed by atoms with van der Waals surface area (Å²) in [6, 6.07) is 9.44. The molecule has 28 heavy (non-hydrogen) atoms. The molecule has 0 spiro atoms. The number of ketones is 1. The number of pyridine rings is 1. The van der Waals surface area contributed by atoms with Gasteiger partial charge in [0.15, 0.2) is 16.8 Å². The maximum atomic E-state index is 13.0. The first-order chi connectivity index (χ1) is 13.7. The summed E-state index contributed by atoms with van der Waals surface area (Å²) >= 11 is 1.56. The zero-order valence-electron chi connectivity index (χ0n) is 15.5. The minimum absolute atomic E-state index is 0.0129. The summed E-state index contributed by atoms with van der Waals surface area (Å²) in [5.41, 5.74) is 1.48. The Hall–Kier alpha value is -2.58. The summed E-state index contributed by atoms with van der Waals surface area (Å²) in [6.07, 6.45) is 4.54. The van der Waals surface area contributed by atoms with E-state index in [0.717, 1.165) is 22.3 Å². The molecule has 0 bridgehead atoms. The van der Waals surface area contributed by atoms with Gasteiger partial charge in [0, 0.05) is 42.8 Å². The Bertz CT molecular complexity index is 900. The maximum absolute atomic E-state index is 13.0. The maximum Gasteiger partial charge on any atom is 0.191 e. The molecule has 1 aromatic carbocycles. The van der Waals surface area contributed by atoms with Crippen LogP contribution in [0.2, 0.25) is 0 Å². The van der Waals surface area contributed by atoms with E-state index in [-0.39, 0.29) is 11.6 Å². The van der Waals surface area contributed by atoms with Gasteiger partial charge in [0.05, 0.1) is 13.2 Å². The quantitative estimate of drug-likeness (QED) is 0.292. The molecule has 0 unspecified atom stereocenters. The highest BCUT2D eigenvalue weighted by atomic mass is 32.2. The molecule has 0 radical (unpaired) electrons. The van der Waals surface area contributed by atoms with E-state index in [2.05, 4.69) is 15.2 Å². The van der Waals surface area contributed by atoms with Crippen LogP contribution in [0.3, 0.4) is 0 Å².